The number of aromatic nitrogens is 1. The van der Waals surface area contributed by atoms with Crippen LogP contribution in [0.1, 0.15) is 23.6 Å². The molecule has 2 aromatic rings. The summed E-state index contributed by atoms with van der Waals surface area (Å²) in [5.74, 6) is 2.19. The van der Waals surface area contributed by atoms with Crippen molar-refractivity contribution in [2.24, 2.45) is 4.99 Å². The second kappa shape index (κ2) is 11.2. The number of hydrogen-bond acceptors (Lipinski definition) is 4. The number of hydrogen-bond donors (Lipinski definition) is 1. The van der Waals surface area contributed by atoms with Crippen molar-refractivity contribution in [3.8, 4) is 0 Å². The second-order valence-corrected chi connectivity index (χ2v) is 6.28. The highest BCUT2D eigenvalue weighted by molar-refractivity contribution is 14.0. The lowest BCUT2D eigenvalue weighted by atomic mass is 10.2. The summed E-state index contributed by atoms with van der Waals surface area (Å²) in [6, 6.07) is 3.87. The summed E-state index contributed by atoms with van der Waals surface area (Å²) in [6.45, 7) is 8.17. The first-order valence-electron chi connectivity index (χ1n) is 7.72. The van der Waals surface area contributed by atoms with Crippen molar-refractivity contribution in [2.75, 3.05) is 26.7 Å². The third-order valence-electron chi connectivity index (χ3n) is 3.39. The van der Waals surface area contributed by atoms with Crippen molar-refractivity contribution in [2.45, 2.75) is 19.3 Å². The first kappa shape index (κ1) is 20.7. The van der Waals surface area contributed by atoms with Gasteiger partial charge in [0.1, 0.15) is 5.76 Å². The number of halogens is 1. The molecule has 0 bridgehead atoms. The van der Waals surface area contributed by atoms with E-state index in [-0.39, 0.29) is 24.0 Å². The van der Waals surface area contributed by atoms with Gasteiger partial charge in [-0.3, -0.25) is 4.99 Å². The number of likely N-dealkylation sites (N-methyl/N-ethyl adjacent to an activating group) is 1. The van der Waals surface area contributed by atoms with Crippen molar-refractivity contribution in [3.63, 3.8) is 0 Å². The predicted molar refractivity (Wildman–Crippen MR) is 111 cm³/mol. The Balaban J connectivity index is 0.00000288. The van der Waals surface area contributed by atoms with E-state index in [9.17, 15) is 0 Å². The molecule has 0 saturated heterocycles. The molecule has 1 atom stereocenters. The average molecular weight is 460 g/mol. The van der Waals surface area contributed by atoms with Gasteiger partial charge in [-0.15, -0.1) is 41.9 Å². The van der Waals surface area contributed by atoms with E-state index in [2.05, 4.69) is 33.7 Å². The molecule has 0 saturated carbocycles. The zero-order valence-corrected chi connectivity index (χ0v) is 17.3. The Morgan fingerprint density at radius 3 is 3.04 bits per heavy atom. The molecule has 2 rings (SSSR count). The van der Waals surface area contributed by atoms with Crippen LogP contribution in [0, 0.1) is 0 Å². The summed E-state index contributed by atoms with van der Waals surface area (Å²) in [7, 11) is 2.05. The van der Waals surface area contributed by atoms with Gasteiger partial charge in [0.15, 0.2) is 5.96 Å². The molecule has 0 aromatic carbocycles. The van der Waals surface area contributed by atoms with Crippen LogP contribution >= 0.6 is 35.3 Å². The first-order valence-corrected chi connectivity index (χ1v) is 8.60. The van der Waals surface area contributed by atoms with Crippen molar-refractivity contribution in [1.29, 1.82) is 0 Å². The normalized spacial score (nSPS) is 12.3. The standard InChI is InChI=1S/C17H24N4OS.HI/c1-4-8-19-17(20-9-7-15-6-5-11-22-15)21(3)13-14(2)16-18-10-12-23-16;/h4-6,10-12,14H,1,7-9,13H2,2-3H3,(H,19,20);1H. The minimum Gasteiger partial charge on any atom is -0.469 e. The molecule has 7 heteroatoms. The lowest BCUT2D eigenvalue weighted by Gasteiger charge is -2.24. The van der Waals surface area contributed by atoms with Crippen molar-refractivity contribution in [3.05, 3.63) is 53.4 Å². The predicted octanol–water partition coefficient (Wildman–Crippen LogP) is 3.76. The average Bonchev–Trinajstić information content (AvgIpc) is 3.23. The minimum absolute atomic E-state index is 0. The van der Waals surface area contributed by atoms with Crippen LogP contribution in [0.4, 0.5) is 0 Å². The Morgan fingerprint density at radius 1 is 1.58 bits per heavy atom. The van der Waals surface area contributed by atoms with E-state index in [0.717, 1.165) is 29.7 Å². The minimum atomic E-state index is 0. The molecule has 2 heterocycles. The quantitative estimate of drug-likeness (QED) is 0.282. The zero-order valence-electron chi connectivity index (χ0n) is 14.1. The summed E-state index contributed by atoms with van der Waals surface area (Å²) in [5, 5.41) is 6.47. The van der Waals surface area contributed by atoms with Crippen LogP contribution in [0.25, 0.3) is 0 Å². The lowest BCUT2D eigenvalue weighted by molar-refractivity contribution is 0.446. The number of furan rings is 1. The van der Waals surface area contributed by atoms with E-state index in [1.165, 1.54) is 0 Å². The molecule has 1 N–H and O–H groups in total. The SMILES string of the molecule is C=CCNC(=NCCc1ccco1)N(C)CC(C)c1nccs1.I. The molecule has 0 aliphatic rings. The molecule has 1 unspecified atom stereocenters. The van der Waals surface area contributed by atoms with Gasteiger partial charge in [0, 0.05) is 50.6 Å². The van der Waals surface area contributed by atoms with Gasteiger partial charge >= 0.3 is 0 Å². The molecule has 0 radical (unpaired) electrons. The molecule has 132 valence electrons. The van der Waals surface area contributed by atoms with Crippen molar-refractivity contribution >= 4 is 41.3 Å². The molecule has 0 amide bonds. The molecular weight excluding hydrogens is 435 g/mol. The number of rotatable bonds is 8. The topological polar surface area (TPSA) is 53.7 Å². The fraction of sp³-hybridized carbons (Fsp3) is 0.412. The van der Waals surface area contributed by atoms with Crippen molar-refractivity contribution in [1.82, 2.24) is 15.2 Å². The largest absolute Gasteiger partial charge is 0.469 e. The zero-order chi connectivity index (χ0) is 16.5. The summed E-state index contributed by atoms with van der Waals surface area (Å²) >= 11 is 1.69. The van der Waals surface area contributed by atoms with Gasteiger partial charge in [-0.05, 0) is 12.1 Å². The van der Waals surface area contributed by atoms with Crippen LogP contribution in [-0.2, 0) is 6.42 Å². The fourth-order valence-electron chi connectivity index (χ4n) is 2.26. The second-order valence-electron chi connectivity index (χ2n) is 5.36. The summed E-state index contributed by atoms with van der Waals surface area (Å²) in [4.78, 5) is 11.2. The maximum absolute atomic E-state index is 5.34. The third-order valence-corrected chi connectivity index (χ3v) is 4.39. The Hall–Kier alpha value is -1.35. The van der Waals surface area contributed by atoms with Gasteiger partial charge in [-0.25, -0.2) is 4.98 Å². The van der Waals surface area contributed by atoms with Gasteiger partial charge in [0.25, 0.3) is 0 Å². The molecule has 0 fully saturated rings. The van der Waals surface area contributed by atoms with Crippen LogP contribution in [-0.4, -0.2) is 42.5 Å². The van der Waals surface area contributed by atoms with E-state index < -0.39 is 0 Å². The Kier molecular flexibility index (Phi) is 9.70. The molecule has 2 aromatic heterocycles. The van der Waals surface area contributed by atoms with Gasteiger partial charge < -0.3 is 14.6 Å². The molecule has 24 heavy (non-hydrogen) atoms. The first-order chi connectivity index (χ1) is 11.2. The van der Waals surface area contributed by atoms with Gasteiger partial charge in [0.05, 0.1) is 11.3 Å². The van der Waals surface area contributed by atoms with E-state index in [1.54, 1.807) is 17.6 Å². The Morgan fingerprint density at radius 2 is 2.42 bits per heavy atom. The van der Waals surface area contributed by atoms with Crippen molar-refractivity contribution < 1.29 is 4.42 Å². The summed E-state index contributed by atoms with van der Waals surface area (Å²) in [5.41, 5.74) is 0. The van der Waals surface area contributed by atoms with Gasteiger partial charge in [-0.1, -0.05) is 13.0 Å². The van der Waals surface area contributed by atoms with E-state index in [1.807, 2.05) is 36.8 Å². The molecular formula is C17H25IN4OS. The van der Waals surface area contributed by atoms with E-state index >= 15 is 0 Å². The van der Waals surface area contributed by atoms with Crippen LogP contribution in [0.3, 0.4) is 0 Å². The molecule has 0 aliphatic heterocycles. The van der Waals surface area contributed by atoms with Crippen LogP contribution in [0.5, 0.6) is 0 Å². The maximum Gasteiger partial charge on any atom is 0.193 e. The highest BCUT2D eigenvalue weighted by atomic mass is 127. The maximum atomic E-state index is 5.34. The lowest BCUT2D eigenvalue weighted by Crippen LogP contribution is -2.41. The molecule has 0 spiro atoms. The smallest absolute Gasteiger partial charge is 0.193 e. The number of guanidine groups is 1. The van der Waals surface area contributed by atoms with Crippen LogP contribution in [0.2, 0.25) is 0 Å². The molecule has 0 aliphatic carbocycles. The number of thiazole rings is 1. The van der Waals surface area contributed by atoms with Gasteiger partial charge in [-0.2, -0.15) is 0 Å². The van der Waals surface area contributed by atoms with E-state index in [0.29, 0.717) is 19.0 Å². The highest BCUT2D eigenvalue weighted by Gasteiger charge is 2.14. The third kappa shape index (κ3) is 6.64. The molecule has 5 nitrogen and oxygen atoms in total. The van der Waals surface area contributed by atoms with Crippen LogP contribution < -0.4 is 5.32 Å². The summed E-state index contributed by atoms with van der Waals surface area (Å²) in [6.07, 6.45) is 6.17. The highest BCUT2D eigenvalue weighted by Crippen LogP contribution is 2.18. The summed E-state index contributed by atoms with van der Waals surface area (Å²) < 4.78 is 5.34. The Bertz CT molecular complexity index is 598. The number of aliphatic imine (C=N–C) groups is 1. The van der Waals surface area contributed by atoms with Gasteiger partial charge in [0.2, 0.25) is 0 Å². The van der Waals surface area contributed by atoms with E-state index in [4.69, 9.17) is 4.42 Å². The Labute approximate surface area is 164 Å². The fourth-order valence-corrected chi connectivity index (χ4v) is 2.94. The monoisotopic (exact) mass is 460 g/mol. The number of nitrogens with zero attached hydrogens (tertiary/aromatic N) is 3. The number of nitrogens with one attached hydrogen (secondary N) is 1. The van der Waals surface area contributed by atoms with Crippen LogP contribution in [0.15, 0.2) is 52.0 Å².